The highest BCUT2D eigenvalue weighted by Gasteiger charge is 2.41. The SMILES string of the molecule is Cc1c(F)cc(F)c2c1NC(=O)C2N1CCN(C(=O)c2cc(-c3ccncc3)n(-c3ccc(C(F)(F)F)cc3)n2)CC1. The Morgan fingerprint density at radius 1 is 0.952 bits per heavy atom. The molecule has 1 fully saturated rings. The number of pyridine rings is 1. The Morgan fingerprint density at radius 2 is 1.62 bits per heavy atom. The van der Waals surface area contributed by atoms with Gasteiger partial charge in [0.2, 0.25) is 5.91 Å². The highest BCUT2D eigenvalue weighted by atomic mass is 19.4. The number of piperazine rings is 1. The molecule has 0 bridgehead atoms. The molecule has 2 aromatic heterocycles. The number of nitrogens with one attached hydrogen (secondary N) is 1. The van der Waals surface area contributed by atoms with E-state index in [1.54, 1.807) is 40.4 Å². The maximum atomic E-state index is 14.7. The number of nitrogens with zero attached hydrogens (tertiary/aromatic N) is 5. The summed E-state index contributed by atoms with van der Waals surface area (Å²) in [5.74, 6) is -2.43. The van der Waals surface area contributed by atoms with Crippen molar-refractivity contribution >= 4 is 17.5 Å². The molecular formula is C29H23F5N6O2. The fourth-order valence-corrected chi connectivity index (χ4v) is 5.39. The third kappa shape index (κ3) is 4.79. The molecule has 1 unspecified atom stereocenters. The van der Waals surface area contributed by atoms with Crippen LogP contribution in [0.15, 0.2) is 60.9 Å². The first kappa shape index (κ1) is 27.5. The van der Waals surface area contributed by atoms with E-state index in [4.69, 9.17) is 0 Å². The van der Waals surface area contributed by atoms with E-state index >= 15 is 0 Å². The summed E-state index contributed by atoms with van der Waals surface area (Å²) in [6.07, 6.45) is -1.39. The Hall–Kier alpha value is -4.65. The van der Waals surface area contributed by atoms with Gasteiger partial charge in [0, 0.05) is 61.3 Å². The van der Waals surface area contributed by atoms with Gasteiger partial charge in [0.1, 0.15) is 17.7 Å². The Morgan fingerprint density at radius 3 is 2.26 bits per heavy atom. The number of hydrogen-bond donors (Lipinski definition) is 1. The molecule has 0 spiro atoms. The largest absolute Gasteiger partial charge is 0.416 e. The first-order valence-electron chi connectivity index (χ1n) is 13.0. The van der Waals surface area contributed by atoms with Crippen molar-refractivity contribution < 1.29 is 31.5 Å². The van der Waals surface area contributed by atoms with E-state index in [1.807, 2.05) is 0 Å². The van der Waals surface area contributed by atoms with Crippen LogP contribution in [0, 0.1) is 18.6 Å². The van der Waals surface area contributed by atoms with Gasteiger partial charge in [-0.05, 0) is 49.4 Å². The van der Waals surface area contributed by atoms with Gasteiger partial charge in [-0.1, -0.05) is 0 Å². The minimum absolute atomic E-state index is 0.0799. The van der Waals surface area contributed by atoms with Gasteiger partial charge in [-0.2, -0.15) is 18.3 Å². The molecule has 42 heavy (non-hydrogen) atoms. The number of amides is 2. The average molecular weight is 583 g/mol. The Labute approximate surface area is 236 Å². The summed E-state index contributed by atoms with van der Waals surface area (Å²) in [6.45, 7) is 2.37. The smallest absolute Gasteiger partial charge is 0.335 e. The van der Waals surface area contributed by atoms with Crippen molar-refractivity contribution in [2.75, 3.05) is 31.5 Å². The number of alkyl halides is 3. The van der Waals surface area contributed by atoms with Crippen molar-refractivity contribution in [3.63, 3.8) is 0 Å². The first-order chi connectivity index (χ1) is 20.0. The van der Waals surface area contributed by atoms with E-state index in [0.29, 0.717) is 16.9 Å². The lowest BCUT2D eigenvalue weighted by atomic mass is 10.0. The quantitative estimate of drug-likeness (QED) is 0.343. The maximum Gasteiger partial charge on any atom is 0.416 e. The van der Waals surface area contributed by atoms with Gasteiger partial charge in [0.15, 0.2) is 5.69 Å². The predicted octanol–water partition coefficient (Wildman–Crippen LogP) is 4.99. The van der Waals surface area contributed by atoms with E-state index < -0.39 is 41.2 Å². The van der Waals surface area contributed by atoms with E-state index in [9.17, 15) is 31.5 Å². The zero-order chi connectivity index (χ0) is 29.8. The van der Waals surface area contributed by atoms with Gasteiger partial charge in [0.25, 0.3) is 5.91 Å². The van der Waals surface area contributed by atoms with Crippen LogP contribution in [0.25, 0.3) is 16.9 Å². The second-order valence-electron chi connectivity index (χ2n) is 10.1. The summed E-state index contributed by atoms with van der Waals surface area (Å²) in [6, 6.07) is 9.24. The number of rotatable bonds is 4. The molecule has 2 aromatic carbocycles. The summed E-state index contributed by atoms with van der Waals surface area (Å²) in [5.41, 5.74) is 1.13. The minimum atomic E-state index is -4.50. The number of anilines is 1. The van der Waals surface area contributed by atoms with Crippen LogP contribution in [0.5, 0.6) is 0 Å². The van der Waals surface area contributed by atoms with Crippen LogP contribution < -0.4 is 5.32 Å². The van der Waals surface area contributed by atoms with Gasteiger partial charge < -0.3 is 10.2 Å². The van der Waals surface area contributed by atoms with Crippen LogP contribution in [0.3, 0.4) is 0 Å². The second-order valence-corrected chi connectivity index (χ2v) is 10.1. The second kappa shape index (κ2) is 10.3. The zero-order valence-electron chi connectivity index (χ0n) is 22.1. The maximum absolute atomic E-state index is 14.7. The predicted molar refractivity (Wildman–Crippen MR) is 142 cm³/mol. The van der Waals surface area contributed by atoms with Gasteiger partial charge in [-0.25, -0.2) is 13.5 Å². The Bertz CT molecular complexity index is 1680. The van der Waals surface area contributed by atoms with Crippen LogP contribution >= 0.6 is 0 Å². The molecule has 8 nitrogen and oxygen atoms in total. The zero-order valence-corrected chi connectivity index (χ0v) is 22.1. The lowest BCUT2D eigenvalue weighted by Crippen LogP contribution is -2.50. The molecule has 1 saturated heterocycles. The van der Waals surface area contributed by atoms with Crippen LogP contribution in [0.2, 0.25) is 0 Å². The van der Waals surface area contributed by atoms with Gasteiger partial charge in [-0.15, -0.1) is 0 Å². The van der Waals surface area contributed by atoms with E-state index in [-0.39, 0.29) is 48.7 Å². The third-order valence-corrected chi connectivity index (χ3v) is 7.59. The molecule has 2 aliphatic heterocycles. The van der Waals surface area contributed by atoms with Crippen molar-refractivity contribution in [2.45, 2.75) is 19.1 Å². The standard InChI is InChI=1S/C29H23F5N6O2/c1-16-20(30)14-21(31)24-25(16)36-27(41)26(24)38-10-12-39(13-11-38)28(42)22-15-23(17-6-8-35-9-7-17)40(37-22)19-4-2-18(3-5-19)29(32,33)34/h2-9,14-15,26H,10-13H2,1H3,(H,36,41). The lowest BCUT2D eigenvalue weighted by Gasteiger charge is -2.37. The van der Waals surface area contributed by atoms with Gasteiger partial charge >= 0.3 is 6.18 Å². The number of hydrogen-bond acceptors (Lipinski definition) is 5. The molecule has 6 rings (SSSR count). The number of carbonyl (C=O) groups is 2. The highest BCUT2D eigenvalue weighted by Crippen LogP contribution is 2.40. The number of benzene rings is 2. The molecule has 1 atom stereocenters. The Balaban J connectivity index is 1.24. The van der Waals surface area contributed by atoms with Crippen molar-refractivity contribution in [3.8, 4) is 16.9 Å². The minimum Gasteiger partial charge on any atom is -0.335 e. The van der Waals surface area contributed by atoms with Crippen molar-refractivity contribution in [1.29, 1.82) is 0 Å². The number of carbonyl (C=O) groups excluding carboxylic acids is 2. The van der Waals surface area contributed by atoms with Crippen molar-refractivity contribution in [2.24, 2.45) is 0 Å². The Kier molecular flexibility index (Phi) is 6.76. The third-order valence-electron chi connectivity index (χ3n) is 7.59. The number of aromatic nitrogens is 3. The molecule has 0 radical (unpaired) electrons. The summed E-state index contributed by atoms with van der Waals surface area (Å²) < 4.78 is 69.5. The molecule has 1 N–H and O–H groups in total. The average Bonchev–Trinajstić information content (AvgIpc) is 3.58. The molecule has 4 aromatic rings. The molecular weight excluding hydrogens is 559 g/mol. The number of fused-ring (bicyclic) bond motifs is 1. The fourth-order valence-electron chi connectivity index (χ4n) is 5.39. The molecule has 0 aliphatic carbocycles. The van der Waals surface area contributed by atoms with Crippen LogP contribution in [-0.2, 0) is 11.0 Å². The molecule has 13 heteroatoms. The first-order valence-corrected chi connectivity index (χ1v) is 13.0. The normalized spacial score (nSPS) is 17.3. The summed E-state index contributed by atoms with van der Waals surface area (Å²) >= 11 is 0. The van der Waals surface area contributed by atoms with Gasteiger partial charge in [0.05, 0.1) is 22.6 Å². The molecule has 2 aliphatic rings. The van der Waals surface area contributed by atoms with E-state index in [2.05, 4.69) is 15.4 Å². The highest BCUT2D eigenvalue weighted by molar-refractivity contribution is 6.03. The van der Waals surface area contributed by atoms with Gasteiger partial charge in [-0.3, -0.25) is 19.5 Å². The topological polar surface area (TPSA) is 83.4 Å². The molecule has 4 heterocycles. The molecule has 216 valence electrons. The van der Waals surface area contributed by atoms with Crippen molar-refractivity contribution in [3.05, 3.63) is 94.9 Å². The summed E-state index contributed by atoms with van der Waals surface area (Å²) in [5, 5.41) is 7.04. The van der Waals surface area contributed by atoms with E-state index in [1.165, 1.54) is 23.7 Å². The van der Waals surface area contributed by atoms with Crippen LogP contribution in [0.1, 0.15) is 33.2 Å². The molecule has 2 amide bonds. The van der Waals surface area contributed by atoms with Crippen molar-refractivity contribution in [1.82, 2.24) is 24.6 Å². The van der Waals surface area contributed by atoms with Crippen LogP contribution in [0.4, 0.5) is 27.6 Å². The summed E-state index contributed by atoms with van der Waals surface area (Å²) in [7, 11) is 0. The van der Waals surface area contributed by atoms with Crippen LogP contribution in [-0.4, -0.2) is 62.6 Å². The monoisotopic (exact) mass is 582 g/mol. The molecule has 0 saturated carbocycles. The van der Waals surface area contributed by atoms with E-state index in [0.717, 1.165) is 18.2 Å². The number of halogens is 5. The summed E-state index contributed by atoms with van der Waals surface area (Å²) in [4.78, 5) is 33.6. The fraction of sp³-hybridized carbons (Fsp3) is 0.241. The lowest BCUT2D eigenvalue weighted by molar-refractivity contribution is -0.137.